The highest BCUT2D eigenvalue weighted by atomic mass is 16.6. The van der Waals surface area contributed by atoms with Crippen LogP contribution in [0.5, 0.6) is 23.0 Å². The second kappa shape index (κ2) is 11.2. The number of aliphatic imine (C=N–C) groups is 1. The number of rotatable bonds is 10. The van der Waals surface area contributed by atoms with Crippen LogP contribution in [0.4, 0.5) is 0 Å². The smallest absolute Gasteiger partial charge is 0.363 e. The second-order valence-corrected chi connectivity index (χ2v) is 7.84. The predicted octanol–water partition coefficient (Wildman–Crippen LogP) is 5.20. The van der Waals surface area contributed by atoms with E-state index in [0.29, 0.717) is 37.0 Å². The summed E-state index contributed by atoms with van der Waals surface area (Å²) in [5.41, 5.74) is 2.80. The van der Waals surface area contributed by atoms with Gasteiger partial charge >= 0.3 is 5.97 Å². The quantitative estimate of drug-likeness (QED) is 0.229. The first kappa shape index (κ1) is 23.9. The van der Waals surface area contributed by atoms with Gasteiger partial charge in [0.15, 0.2) is 17.2 Å². The number of nitrogens with zero attached hydrogens (tertiary/aromatic N) is 1. The molecule has 1 aliphatic rings. The Morgan fingerprint density at radius 2 is 1.63 bits per heavy atom. The van der Waals surface area contributed by atoms with Crippen molar-refractivity contribution < 1.29 is 28.5 Å². The van der Waals surface area contributed by atoms with Gasteiger partial charge in [0.2, 0.25) is 5.90 Å². The van der Waals surface area contributed by atoms with Crippen LogP contribution in [0.25, 0.3) is 6.08 Å². The van der Waals surface area contributed by atoms with Crippen LogP contribution in [-0.4, -0.2) is 39.3 Å². The lowest BCUT2D eigenvalue weighted by atomic mass is 10.1. The molecule has 0 atom stereocenters. The molecule has 0 unspecified atom stereocenters. The summed E-state index contributed by atoms with van der Waals surface area (Å²) in [6, 6.07) is 20.5. The molecule has 0 N–H and O–H groups in total. The fourth-order valence-electron chi connectivity index (χ4n) is 3.46. The van der Waals surface area contributed by atoms with E-state index < -0.39 is 5.97 Å². The maximum Gasteiger partial charge on any atom is 0.363 e. The van der Waals surface area contributed by atoms with Crippen LogP contribution in [0.15, 0.2) is 77.4 Å². The number of benzene rings is 3. The average Bonchev–Trinajstić information content (AvgIpc) is 3.24. The standard InChI is InChI=1S/C28H27NO6/c1-19-6-4-7-21(16-19)27-29-24(28(30)35-27)17-20-8-13-25(26(18-20)32-3)34-15-5-14-33-23-11-9-22(31-2)10-12-23/h4,6-13,16-18H,5,14-15H2,1-3H3/b24-17+. The lowest BCUT2D eigenvalue weighted by Gasteiger charge is -2.12. The van der Waals surface area contributed by atoms with Gasteiger partial charge < -0.3 is 23.7 Å². The minimum atomic E-state index is -0.488. The number of hydrogen-bond acceptors (Lipinski definition) is 7. The number of cyclic esters (lactones) is 1. The van der Waals surface area contributed by atoms with Crippen molar-refractivity contribution in [2.45, 2.75) is 13.3 Å². The third kappa shape index (κ3) is 6.20. The van der Waals surface area contributed by atoms with E-state index in [2.05, 4.69) is 4.99 Å². The van der Waals surface area contributed by atoms with Crippen LogP contribution in [0, 0.1) is 6.92 Å². The van der Waals surface area contributed by atoms with E-state index in [1.807, 2.05) is 61.5 Å². The molecule has 0 radical (unpaired) electrons. The monoisotopic (exact) mass is 473 g/mol. The van der Waals surface area contributed by atoms with Gasteiger partial charge in [0, 0.05) is 12.0 Å². The van der Waals surface area contributed by atoms with Crippen molar-refractivity contribution in [2.75, 3.05) is 27.4 Å². The number of ether oxygens (including phenoxy) is 5. The summed E-state index contributed by atoms with van der Waals surface area (Å²) in [6.07, 6.45) is 2.36. The van der Waals surface area contributed by atoms with E-state index in [0.717, 1.165) is 28.2 Å². The lowest BCUT2D eigenvalue weighted by Crippen LogP contribution is -2.06. The first-order valence-corrected chi connectivity index (χ1v) is 11.2. The average molecular weight is 474 g/mol. The van der Waals surface area contributed by atoms with Crippen molar-refractivity contribution in [2.24, 2.45) is 4.99 Å². The van der Waals surface area contributed by atoms with E-state index in [4.69, 9.17) is 23.7 Å². The maximum absolute atomic E-state index is 12.3. The number of esters is 1. The van der Waals surface area contributed by atoms with Crippen LogP contribution < -0.4 is 18.9 Å². The molecule has 0 aromatic heterocycles. The molecule has 0 amide bonds. The summed E-state index contributed by atoms with van der Waals surface area (Å²) in [5, 5.41) is 0. The zero-order chi connectivity index (χ0) is 24.6. The Labute approximate surface area is 204 Å². The molecule has 3 aromatic carbocycles. The molecule has 180 valence electrons. The maximum atomic E-state index is 12.3. The molecule has 7 nitrogen and oxygen atoms in total. The van der Waals surface area contributed by atoms with Gasteiger partial charge in [-0.1, -0.05) is 23.8 Å². The van der Waals surface area contributed by atoms with Gasteiger partial charge in [-0.25, -0.2) is 9.79 Å². The molecule has 0 aliphatic carbocycles. The van der Waals surface area contributed by atoms with Crippen LogP contribution in [0.2, 0.25) is 0 Å². The molecule has 3 aromatic rings. The summed E-state index contributed by atoms with van der Waals surface area (Å²) < 4.78 is 27.6. The van der Waals surface area contributed by atoms with Crippen LogP contribution in [0.3, 0.4) is 0 Å². The summed E-state index contributed by atoms with van der Waals surface area (Å²) >= 11 is 0. The van der Waals surface area contributed by atoms with Gasteiger partial charge in [-0.05, 0) is 67.1 Å². The predicted molar refractivity (Wildman–Crippen MR) is 133 cm³/mol. The third-order valence-electron chi connectivity index (χ3n) is 5.25. The summed E-state index contributed by atoms with van der Waals surface area (Å²) in [5.74, 6) is 2.54. The van der Waals surface area contributed by atoms with Crippen molar-refractivity contribution in [1.82, 2.24) is 0 Å². The SMILES string of the molecule is COc1ccc(OCCCOc2ccc(/C=C3/N=C(c4cccc(C)c4)OC3=O)cc2OC)cc1. The molecule has 1 heterocycles. The molecule has 4 rings (SSSR count). The molecule has 0 bridgehead atoms. The number of carbonyl (C=O) groups is 1. The fraction of sp³-hybridized carbons (Fsp3) is 0.214. The van der Waals surface area contributed by atoms with Crippen LogP contribution >= 0.6 is 0 Å². The Morgan fingerprint density at radius 1 is 0.857 bits per heavy atom. The van der Waals surface area contributed by atoms with Crippen molar-refractivity contribution in [3.63, 3.8) is 0 Å². The van der Waals surface area contributed by atoms with Gasteiger partial charge in [0.1, 0.15) is 11.5 Å². The van der Waals surface area contributed by atoms with Crippen LogP contribution in [0.1, 0.15) is 23.1 Å². The minimum absolute atomic E-state index is 0.230. The normalized spacial score (nSPS) is 13.9. The Balaban J connectivity index is 1.35. The number of methoxy groups -OCH3 is 2. The van der Waals surface area contributed by atoms with Gasteiger partial charge in [-0.15, -0.1) is 0 Å². The van der Waals surface area contributed by atoms with E-state index in [1.54, 1.807) is 32.4 Å². The highest BCUT2D eigenvalue weighted by Gasteiger charge is 2.24. The highest BCUT2D eigenvalue weighted by molar-refractivity contribution is 6.12. The fourth-order valence-corrected chi connectivity index (χ4v) is 3.46. The molecular formula is C28H27NO6. The Kier molecular flexibility index (Phi) is 7.67. The number of hydrogen-bond donors (Lipinski definition) is 0. The Morgan fingerprint density at radius 3 is 2.37 bits per heavy atom. The van der Waals surface area contributed by atoms with Gasteiger partial charge in [-0.2, -0.15) is 0 Å². The molecular weight excluding hydrogens is 446 g/mol. The molecule has 1 aliphatic heterocycles. The molecule has 0 saturated carbocycles. The zero-order valence-electron chi connectivity index (χ0n) is 19.9. The topological polar surface area (TPSA) is 75.6 Å². The van der Waals surface area contributed by atoms with Gasteiger partial charge in [0.25, 0.3) is 0 Å². The van der Waals surface area contributed by atoms with Gasteiger partial charge in [-0.3, -0.25) is 0 Å². The van der Waals surface area contributed by atoms with Crippen molar-refractivity contribution in [1.29, 1.82) is 0 Å². The van der Waals surface area contributed by atoms with Gasteiger partial charge in [0.05, 0.1) is 27.4 Å². The number of carbonyl (C=O) groups excluding carboxylic acids is 1. The van der Waals surface area contributed by atoms with Crippen molar-refractivity contribution >= 4 is 17.9 Å². The largest absolute Gasteiger partial charge is 0.497 e. The van der Waals surface area contributed by atoms with Crippen molar-refractivity contribution in [3.05, 3.63) is 89.1 Å². The Hall–Kier alpha value is -4.26. The summed E-state index contributed by atoms with van der Waals surface area (Å²) in [6.45, 7) is 2.95. The van der Waals surface area contributed by atoms with E-state index in [9.17, 15) is 4.79 Å². The first-order valence-electron chi connectivity index (χ1n) is 11.2. The van der Waals surface area contributed by atoms with E-state index >= 15 is 0 Å². The van der Waals surface area contributed by atoms with Crippen LogP contribution in [-0.2, 0) is 9.53 Å². The molecule has 0 spiro atoms. The first-order chi connectivity index (χ1) is 17.1. The Bertz CT molecular complexity index is 1250. The van der Waals surface area contributed by atoms with E-state index in [-0.39, 0.29) is 5.70 Å². The molecule has 7 heteroatoms. The van der Waals surface area contributed by atoms with E-state index in [1.165, 1.54) is 0 Å². The molecule has 35 heavy (non-hydrogen) atoms. The zero-order valence-corrected chi connectivity index (χ0v) is 19.9. The summed E-state index contributed by atoms with van der Waals surface area (Å²) in [4.78, 5) is 16.7. The molecule has 0 saturated heterocycles. The molecule has 0 fully saturated rings. The second-order valence-electron chi connectivity index (χ2n) is 7.84. The van der Waals surface area contributed by atoms with Crippen molar-refractivity contribution in [3.8, 4) is 23.0 Å². The highest BCUT2D eigenvalue weighted by Crippen LogP contribution is 2.30. The lowest BCUT2D eigenvalue weighted by molar-refractivity contribution is -0.129. The summed E-state index contributed by atoms with van der Waals surface area (Å²) in [7, 11) is 3.20. The minimum Gasteiger partial charge on any atom is -0.497 e. The number of aryl methyl sites for hydroxylation is 1. The third-order valence-corrected chi connectivity index (χ3v) is 5.25.